The first-order valence-corrected chi connectivity index (χ1v) is 9.00. The molecule has 0 saturated carbocycles. The van der Waals surface area contributed by atoms with Crippen molar-refractivity contribution in [1.29, 1.82) is 0 Å². The molecule has 0 amide bonds. The van der Waals surface area contributed by atoms with Crippen molar-refractivity contribution in [2.75, 3.05) is 6.54 Å². The van der Waals surface area contributed by atoms with E-state index in [9.17, 15) is 18.5 Å². The van der Waals surface area contributed by atoms with Gasteiger partial charge in [0.2, 0.25) is 10.0 Å². The minimum Gasteiger partial charge on any atom is -0.335 e. The molecule has 2 aromatic rings. The summed E-state index contributed by atoms with van der Waals surface area (Å²) in [6.45, 7) is 4.14. The highest BCUT2D eigenvalue weighted by molar-refractivity contribution is 7.89. The van der Waals surface area contributed by atoms with E-state index in [0.717, 1.165) is 11.9 Å². The van der Waals surface area contributed by atoms with Gasteiger partial charge in [0.05, 0.1) is 14.8 Å². The van der Waals surface area contributed by atoms with Gasteiger partial charge in [-0.05, 0) is 26.3 Å². The van der Waals surface area contributed by atoms with Crippen LogP contribution in [0.5, 0.6) is 0 Å². The molecule has 0 fully saturated rings. The Kier molecular flexibility index (Phi) is 5.58. The lowest BCUT2D eigenvalue weighted by Crippen LogP contribution is -2.25. The molecule has 1 aromatic carbocycles. The molecule has 0 aliphatic rings. The van der Waals surface area contributed by atoms with Crippen molar-refractivity contribution in [3.8, 4) is 0 Å². The van der Waals surface area contributed by atoms with Crippen LogP contribution in [-0.2, 0) is 16.6 Å². The van der Waals surface area contributed by atoms with E-state index >= 15 is 0 Å². The van der Waals surface area contributed by atoms with E-state index in [0.29, 0.717) is 13.0 Å². The van der Waals surface area contributed by atoms with Gasteiger partial charge in [0.25, 0.3) is 5.69 Å². The van der Waals surface area contributed by atoms with E-state index in [-0.39, 0.29) is 27.7 Å². The fourth-order valence-corrected chi connectivity index (χ4v) is 3.56. The van der Waals surface area contributed by atoms with Gasteiger partial charge in [-0.1, -0.05) is 11.6 Å². The molecular formula is C14H17ClN4O4S. The smallest absolute Gasteiger partial charge is 0.275 e. The van der Waals surface area contributed by atoms with Crippen LogP contribution in [0.25, 0.3) is 0 Å². The first-order valence-electron chi connectivity index (χ1n) is 7.14. The molecule has 8 nitrogen and oxygen atoms in total. The summed E-state index contributed by atoms with van der Waals surface area (Å²) in [7, 11) is -3.87. The fourth-order valence-electron chi connectivity index (χ4n) is 2.16. The third kappa shape index (κ3) is 4.11. The van der Waals surface area contributed by atoms with Crippen molar-refractivity contribution in [3.63, 3.8) is 0 Å². The number of benzene rings is 1. The van der Waals surface area contributed by atoms with Crippen LogP contribution in [0.3, 0.4) is 0 Å². The fraction of sp³-hybridized carbons (Fsp3) is 0.357. The zero-order valence-electron chi connectivity index (χ0n) is 13.2. The second-order valence-electron chi connectivity index (χ2n) is 5.23. The summed E-state index contributed by atoms with van der Waals surface area (Å²) < 4.78 is 28.9. The topological polar surface area (TPSA) is 107 Å². The van der Waals surface area contributed by atoms with Crippen LogP contribution in [-0.4, -0.2) is 29.4 Å². The van der Waals surface area contributed by atoms with Crippen LogP contribution in [0.2, 0.25) is 5.02 Å². The molecule has 0 spiro atoms. The Balaban J connectivity index is 2.07. The Morgan fingerprint density at radius 1 is 1.38 bits per heavy atom. The monoisotopic (exact) mass is 372 g/mol. The van der Waals surface area contributed by atoms with Gasteiger partial charge >= 0.3 is 0 Å². The van der Waals surface area contributed by atoms with Crippen LogP contribution in [0.1, 0.15) is 17.8 Å². The highest BCUT2D eigenvalue weighted by Crippen LogP contribution is 2.29. The standard InChI is InChI=1S/C14H17ClN4O4S/c1-10-13(15)8-12(9-14(10)19(20)21)24(22,23)17-4-3-6-18-7-5-16-11(18)2/h5,7-9,17H,3-4,6H2,1-2H3. The van der Waals surface area contributed by atoms with Crippen molar-refractivity contribution in [2.45, 2.75) is 31.7 Å². The number of hydrogen-bond donors (Lipinski definition) is 1. The van der Waals surface area contributed by atoms with Gasteiger partial charge in [-0.3, -0.25) is 10.1 Å². The quantitative estimate of drug-likeness (QED) is 0.456. The van der Waals surface area contributed by atoms with Crippen molar-refractivity contribution < 1.29 is 13.3 Å². The van der Waals surface area contributed by atoms with E-state index in [2.05, 4.69) is 9.71 Å². The molecule has 0 aliphatic carbocycles. The molecule has 130 valence electrons. The van der Waals surface area contributed by atoms with Gasteiger partial charge < -0.3 is 4.57 Å². The summed E-state index contributed by atoms with van der Waals surface area (Å²) in [5.74, 6) is 0.846. The first kappa shape index (κ1) is 18.4. The van der Waals surface area contributed by atoms with Crippen LogP contribution in [0.4, 0.5) is 5.69 Å². The number of nitrogens with one attached hydrogen (secondary N) is 1. The number of rotatable bonds is 7. The lowest BCUT2D eigenvalue weighted by atomic mass is 10.2. The molecule has 0 aliphatic heterocycles. The van der Waals surface area contributed by atoms with Gasteiger partial charge in [0, 0.05) is 37.1 Å². The number of hydrogen-bond acceptors (Lipinski definition) is 5. The minimum absolute atomic E-state index is 0.0404. The molecule has 24 heavy (non-hydrogen) atoms. The molecule has 1 aromatic heterocycles. The molecule has 0 bridgehead atoms. The number of imidazole rings is 1. The number of halogens is 1. The van der Waals surface area contributed by atoms with Gasteiger partial charge in [-0.2, -0.15) is 0 Å². The molecule has 1 N–H and O–H groups in total. The van der Waals surface area contributed by atoms with Crippen LogP contribution in [0.15, 0.2) is 29.4 Å². The summed E-state index contributed by atoms with van der Waals surface area (Å²) in [4.78, 5) is 14.2. The Morgan fingerprint density at radius 3 is 2.67 bits per heavy atom. The van der Waals surface area contributed by atoms with Gasteiger partial charge in [-0.15, -0.1) is 0 Å². The van der Waals surface area contributed by atoms with Crippen molar-refractivity contribution in [3.05, 3.63) is 51.1 Å². The van der Waals surface area contributed by atoms with Gasteiger partial charge in [0.15, 0.2) is 0 Å². The molecular weight excluding hydrogens is 356 g/mol. The van der Waals surface area contributed by atoms with E-state index < -0.39 is 14.9 Å². The maximum Gasteiger partial charge on any atom is 0.275 e. The first-order chi connectivity index (χ1) is 11.2. The average molecular weight is 373 g/mol. The Morgan fingerprint density at radius 2 is 2.08 bits per heavy atom. The lowest BCUT2D eigenvalue weighted by Gasteiger charge is -2.09. The number of aromatic nitrogens is 2. The number of nitrogens with zero attached hydrogens (tertiary/aromatic N) is 3. The Bertz CT molecular complexity index is 864. The normalized spacial score (nSPS) is 11.6. The van der Waals surface area contributed by atoms with Crippen LogP contribution >= 0.6 is 11.6 Å². The summed E-state index contributed by atoms with van der Waals surface area (Å²) in [6.07, 6.45) is 4.04. The van der Waals surface area contributed by atoms with Gasteiger partial charge in [-0.25, -0.2) is 18.1 Å². The Hall–Kier alpha value is -1.97. The zero-order valence-corrected chi connectivity index (χ0v) is 14.8. The second-order valence-corrected chi connectivity index (χ2v) is 7.40. The van der Waals surface area contributed by atoms with Crippen LogP contribution in [0, 0.1) is 24.0 Å². The van der Waals surface area contributed by atoms with Crippen molar-refractivity contribution in [2.24, 2.45) is 0 Å². The van der Waals surface area contributed by atoms with Crippen LogP contribution < -0.4 is 4.72 Å². The molecule has 0 atom stereocenters. The largest absolute Gasteiger partial charge is 0.335 e. The summed E-state index contributed by atoms with van der Waals surface area (Å²) in [6, 6.07) is 2.23. The Labute approximate surface area is 144 Å². The van der Waals surface area contributed by atoms with Gasteiger partial charge in [0.1, 0.15) is 5.82 Å². The lowest BCUT2D eigenvalue weighted by molar-refractivity contribution is -0.385. The van der Waals surface area contributed by atoms with Crippen molar-refractivity contribution in [1.82, 2.24) is 14.3 Å². The number of sulfonamides is 1. The third-order valence-corrected chi connectivity index (χ3v) is 5.42. The SMILES string of the molecule is Cc1c(Cl)cc(S(=O)(=O)NCCCn2ccnc2C)cc1[N+](=O)[O-]. The average Bonchev–Trinajstić information content (AvgIpc) is 2.91. The maximum atomic E-state index is 12.3. The third-order valence-electron chi connectivity index (χ3n) is 3.59. The summed E-state index contributed by atoms with van der Waals surface area (Å²) in [5.41, 5.74) is -0.0897. The number of aryl methyl sites for hydroxylation is 2. The molecule has 2 rings (SSSR count). The molecule has 0 unspecified atom stereocenters. The minimum atomic E-state index is -3.87. The second kappa shape index (κ2) is 7.29. The predicted octanol–water partition coefficient (Wildman–Crippen LogP) is 2.43. The van der Waals surface area contributed by atoms with E-state index in [1.54, 1.807) is 6.20 Å². The summed E-state index contributed by atoms with van der Waals surface area (Å²) in [5, 5.41) is 11.0. The highest BCUT2D eigenvalue weighted by Gasteiger charge is 2.22. The molecule has 1 heterocycles. The van der Waals surface area contributed by atoms with Crippen molar-refractivity contribution >= 4 is 27.3 Å². The number of nitro benzene ring substituents is 1. The highest BCUT2D eigenvalue weighted by atomic mass is 35.5. The molecule has 10 heteroatoms. The predicted molar refractivity (Wildman–Crippen MR) is 89.6 cm³/mol. The summed E-state index contributed by atoms with van der Waals surface area (Å²) >= 11 is 5.91. The number of nitro groups is 1. The zero-order chi connectivity index (χ0) is 17.9. The van der Waals surface area contributed by atoms with E-state index in [1.807, 2.05) is 17.7 Å². The van der Waals surface area contributed by atoms with E-state index in [1.165, 1.54) is 13.0 Å². The molecule has 0 radical (unpaired) electrons. The maximum absolute atomic E-state index is 12.3. The molecule has 0 saturated heterocycles. The van der Waals surface area contributed by atoms with E-state index in [4.69, 9.17) is 11.6 Å².